The van der Waals surface area contributed by atoms with Gasteiger partial charge in [0.05, 0.1) is 0 Å². The molecule has 1 fully saturated rings. The van der Waals surface area contributed by atoms with E-state index in [2.05, 4.69) is 16.0 Å². The first-order chi connectivity index (χ1) is 8.74. The monoisotopic (exact) mass is 249 g/mol. The summed E-state index contributed by atoms with van der Waals surface area (Å²) in [7, 11) is 0. The number of nitrogens with one attached hydrogen (secondary N) is 3. The average molecular weight is 249 g/mol. The lowest BCUT2D eigenvalue weighted by Crippen LogP contribution is -2.56. The highest BCUT2D eigenvalue weighted by Gasteiger charge is 2.19. The van der Waals surface area contributed by atoms with Gasteiger partial charge in [-0.2, -0.15) is 0 Å². The molecule has 0 radical (unpaired) electrons. The van der Waals surface area contributed by atoms with E-state index in [1.807, 2.05) is 30.3 Å². The number of alkyl carbamates (subject to hydrolysis) is 1. The molecule has 0 aromatic heterocycles. The van der Waals surface area contributed by atoms with Crippen molar-refractivity contribution in [1.29, 1.82) is 0 Å². The summed E-state index contributed by atoms with van der Waals surface area (Å²) in [4.78, 5) is 22.5. The first-order valence-electron chi connectivity index (χ1n) is 5.75. The Morgan fingerprint density at radius 2 is 2.17 bits per heavy atom. The number of hydrogen-bond donors (Lipinski definition) is 3. The fourth-order valence-corrected chi connectivity index (χ4v) is 1.63. The number of rotatable bonds is 3. The van der Waals surface area contributed by atoms with Gasteiger partial charge in [0, 0.05) is 13.0 Å². The van der Waals surface area contributed by atoms with Crippen LogP contribution in [0.25, 0.3) is 0 Å². The zero-order valence-electron chi connectivity index (χ0n) is 9.81. The lowest BCUT2D eigenvalue weighted by molar-refractivity contribution is 0.132. The Hall–Kier alpha value is -2.24. The summed E-state index contributed by atoms with van der Waals surface area (Å²) >= 11 is 0. The van der Waals surface area contributed by atoms with Crippen LogP contribution >= 0.6 is 0 Å². The van der Waals surface area contributed by atoms with E-state index in [9.17, 15) is 9.59 Å². The summed E-state index contributed by atoms with van der Waals surface area (Å²) in [5.74, 6) is 0. The number of amides is 3. The van der Waals surface area contributed by atoms with Crippen LogP contribution in [0, 0.1) is 0 Å². The molecule has 1 aromatic rings. The van der Waals surface area contributed by atoms with Gasteiger partial charge in [0.25, 0.3) is 0 Å². The molecule has 1 aliphatic rings. The van der Waals surface area contributed by atoms with Crippen LogP contribution in [0.2, 0.25) is 0 Å². The van der Waals surface area contributed by atoms with Crippen molar-refractivity contribution in [3.63, 3.8) is 0 Å². The Balaban J connectivity index is 1.73. The van der Waals surface area contributed by atoms with E-state index in [1.165, 1.54) is 0 Å². The Labute approximate surface area is 105 Å². The summed E-state index contributed by atoms with van der Waals surface area (Å²) in [6.07, 6.45) is -0.278. The predicted molar refractivity (Wildman–Crippen MR) is 64.7 cm³/mol. The third kappa shape index (κ3) is 3.65. The minimum absolute atomic E-state index is 0.214. The molecular formula is C12H15N3O3. The largest absolute Gasteiger partial charge is 0.445 e. The molecular weight excluding hydrogens is 234 g/mol. The van der Waals surface area contributed by atoms with Crippen molar-refractivity contribution in [2.75, 3.05) is 6.54 Å². The van der Waals surface area contributed by atoms with Gasteiger partial charge in [-0.1, -0.05) is 30.3 Å². The molecule has 18 heavy (non-hydrogen) atoms. The molecule has 1 unspecified atom stereocenters. The van der Waals surface area contributed by atoms with Crippen molar-refractivity contribution in [1.82, 2.24) is 16.0 Å². The molecule has 0 saturated carbocycles. The van der Waals surface area contributed by atoms with E-state index in [-0.39, 0.29) is 18.8 Å². The zero-order chi connectivity index (χ0) is 12.8. The summed E-state index contributed by atoms with van der Waals surface area (Å²) in [5, 5.41) is 7.77. The zero-order valence-corrected chi connectivity index (χ0v) is 9.81. The number of ether oxygens (including phenoxy) is 1. The summed E-state index contributed by atoms with van der Waals surface area (Å²) in [5.41, 5.74) is 0.919. The van der Waals surface area contributed by atoms with Crippen LogP contribution < -0.4 is 16.0 Å². The first-order valence-corrected chi connectivity index (χ1v) is 5.75. The van der Waals surface area contributed by atoms with Crippen LogP contribution in [0.4, 0.5) is 9.59 Å². The maximum atomic E-state index is 11.5. The number of carbonyl (C=O) groups is 2. The second-order valence-electron chi connectivity index (χ2n) is 3.95. The molecule has 1 saturated heterocycles. The third-order valence-corrected chi connectivity index (χ3v) is 2.53. The van der Waals surface area contributed by atoms with Crippen LogP contribution in [-0.2, 0) is 11.3 Å². The summed E-state index contributed by atoms with van der Waals surface area (Å²) in [6.45, 7) is 0.751. The molecule has 0 spiro atoms. The van der Waals surface area contributed by atoms with Gasteiger partial charge in [-0.3, -0.25) is 0 Å². The highest BCUT2D eigenvalue weighted by molar-refractivity contribution is 5.76. The SMILES string of the molecule is O=C1NCCC(NC(=O)OCc2ccccc2)N1. The third-order valence-electron chi connectivity index (χ3n) is 2.53. The van der Waals surface area contributed by atoms with Crippen molar-refractivity contribution in [3.8, 4) is 0 Å². The molecule has 6 heteroatoms. The fourth-order valence-electron chi connectivity index (χ4n) is 1.63. The summed E-state index contributed by atoms with van der Waals surface area (Å²) < 4.78 is 5.04. The maximum Gasteiger partial charge on any atom is 0.409 e. The standard InChI is InChI=1S/C12H15N3O3/c16-11-13-7-6-10(14-11)15-12(17)18-8-9-4-2-1-3-5-9/h1-5,10H,6-8H2,(H,15,17)(H2,13,14,16). The number of hydrogen-bond acceptors (Lipinski definition) is 3. The van der Waals surface area contributed by atoms with E-state index >= 15 is 0 Å². The first kappa shape index (κ1) is 12.2. The van der Waals surface area contributed by atoms with Gasteiger partial charge in [-0.15, -0.1) is 0 Å². The molecule has 2 rings (SSSR count). The lowest BCUT2D eigenvalue weighted by atomic mass is 10.2. The van der Waals surface area contributed by atoms with Gasteiger partial charge in [0.15, 0.2) is 0 Å². The molecule has 1 atom stereocenters. The van der Waals surface area contributed by atoms with E-state index in [1.54, 1.807) is 0 Å². The maximum absolute atomic E-state index is 11.5. The molecule has 96 valence electrons. The normalized spacial score (nSPS) is 18.4. The van der Waals surface area contributed by atoms with Gasteiger partial charge in [0.2, 0.25) is 0 Å². The van der Waals surface area contributed by atoms with Crippen molar-refractivity contribution in [2.45, 2.75) is 19.2 Å². The minimum Gasteiger partial charge on any atom is -0.445 e. The Bertz CT molecular complexity index is 422. The lowest BCUT2D eigenvalue weighted by Gasteiger charge is -2.24. The second kappa shape index (κ2) is 5.90. The van der Waals surface area contributed by atoms with Crippen molar-refractivity contribution in [3.05, 3.63) is 35.9 Å². The van der Waals surface area contributed by atoms with Gasteiger partial charge in [-0.05, 0) is 5.56 Å². The van der Waals surface area contributed by atoms with E-state index < -0.39 is 6.09 Å². The number of carbonyl (C=O) groups excluding carboxylic acids is 2. The topological polar surface area (TPSA) is 79.5 Å². The smallest absolute Gasteiger partial charge is 0.409 e. The quantitative estimate of drug-likeness (QED) is 0.746. The molecule has 1 heterocycles. The van der Waals surface area contributed by atoms with E-state index in [4.69, 9.17) is 4.74 Å². The van der Waals surface area contributed by atoms with Crippen LogP contribution in [0.3, 0.4) is 0 Å². The second-order valence-corrected chi connectivity index (χ2v) is 3.95. The highest BCUT2D eigenvalue weighted by Crippen LogP contribution is 2.01. The molecule has 1 aromatic carbocycles. The molecule has 1 aliphatic heterocycles. The number of urea groups is 1. The van der Waals surface area contributed by atoms with Crippen LogP contribution in [0.5, 0.6) is 0 Å². The van der Waals surface area contributed by atoms with Crippen LogP contribution in [0.1, 0.15) is 12.0 Å². The van der Waals surface area contributed by atoms with Gasteiger partial charge in [0.1, 0.15) is 12.8 Å². The van der Waals surface area contributed by atoms with Gasteiger partial charge >= 0.3 is 12.1 Å². The Morgan fingerprint density at radius 3 is 2.89 bits per heavy atom. The highest BCUT2D eigenvalue weighted by atomic mass is 16.5. The predicted octanol–water partition coefficient (Wildman–Crippen LogP) is 0.942. The summed E-state index contributed by atoms with van der Waals surface area (Å²) in [6, 6.07) is 9.12. The molecule has 3 N–H and O–H groups in total. The fraction of sp³-hybridized carbons (Fsp3) is 0.333. The Morgan fingerprint density at radius 1 is 1.39 bits per heavy atom. The van der Waals surface area contributed by atoms with Crippen LogP contribution in [-0.4, -0.2) is 24.8 Å². The Kier molecular flexibility index (Phi) is 4.01. The molecule has 0 bridgehead atoms. The average Bonchev–Trinajstić information content (AvgIpc) is 2.38. The minimum atomic E-state index is -0.536. The van der Waals surface area contributed by atoms with Gasteiger partial charge in [-0.25, -0.2) is 9.59 Å². The van der Waals surface area contributed by atoms with Crippen molar-refractivity contribution < 1.29 is 14.3 Å². The molecule has 6 nitrogen and oxygen atoms in total. The van der Waals surface area contributed by atoms with Crippen molar-refractivity contribution >= 4 is 12.1 Å². The van der Waals surface area contributed by atoms with Crippen molar-refractivity contribution in [2.24, 2.45) is 0 Å². The van der Waals surface area contributed by atoms with E-state index in [0.717, 1.165) is 5.56 Å². The van der Waals surface area contributed by atoms with E-state index in [0.29, 0.717) is 13.0 Å². The van der Waals surface area contributed by atoms with Gasteiger partial charge < -0.3 is 20.7 Å². The molecule has 3 amide bonds. The van der Waals surface area contributed by atoms with Crippen LogP contribution in [0.15, 0.2) is 30.3 Å². The number of benzene rings is 1. The molecule has 0 aliphatic carbocycles.